The summed E-state index contributed by atoms with van der Waals surface area (Å²) >= 11 is 0. The highest BCUT2D eigenvalue weighted by atomic mass is 14.8. The van der Waals surface area contributed by atoms with E-state index < -0.39 is 0 Å². The molecular formula is C16H21N. The number of likely N-dealkylation sites (N-methyl/N-ethyl adjacent to an activating group) is 1. The summed E-state index contributed by atoms with van der Waals surface area (Å²) in [6.07, 6.45) is 1.18. The van der Waals surface area contributed by atoms with E-state index in [9.17, 15) is 0 Å². The number of hydrogen-bond acceptors (Lipinski definition) is 1. The van der Waals surface area contributed by atoms with E-state index in [1.165, 1.54) is 28.3 Å². The fourth-order valence-electron chi connectivity index (χ4n) is 2.38. The maximum absolute atomic E-state index is 3.27. The first-order valence-corrected chi connectivity index (χ1v) is 6.39. The summed E-state index contributed by atoms with van der Waals surface area (Å²) in [5, 5.41) is 5.96. The predicted molar refractivity (Wildman–Crippen MR) is 75.6 cm³/mol. The monoisotopic (exact) mass is 227 g/mol. The molecule has 90 valence electrons. The first-order valence-electron chi connectivity index (χ1n) is 6.39. The molecule has 0 radical (unpaired) electrons. The Kier molecular flexibility index (Phi) is 3.80. The van der Waals surface area contributed by atoms with Crippen LogP contribution in [0, 0.1) is 6.92 Å². The van der Waals surface area contributed by atoms with Crippen molar-refractivity contribution in [3.05, 3.63) is 47.5 Å². The van der Waals surface area contributed by atoms with Crippen molar-refractivity contribution in [2.45, 2.75) is 26.2 Å². The van der Waals surface area contributed by atoms with Gasteiger partial charge in [0.2, 0.25) is 0 Å². The average molecular weight is 227 g/mol. The van der Waals surface area contributed by atoms with Crippen LogP contribution < -0.4 is 5.32 Å². The maximum atomic E-state index is 3.27. The molecule has 0 bridgehead atoms. The van der Waals surface area contributed by atoms with Crippen LogP contribution in [0.5, 0.6) is 0 Å². The summed E-state index contributed by atoms with van der Waals surface area (Å²) in [6, 6.07) is 13.5. The lowest BCUT2D eigenvalue weighted by molar-refractivity contribution is 0.612. The van der Waals surface area contributed by atoms with E-state index in [4.69, 9.17) is 0 Å². The molecule has 2 aromatic rings. The third-order valence-electron chi connectivity index (χ3n) is 3.43. The Morgan fingerprint density at radius 1 is 1.06 bits per heavy atom. The molecule has 0 saturated carbocycles. The van der Waals surface area contributed by atoms with Crippen molar-refractivity contribution in [2.75, 3.05) is 13.6 Å². The van der Waals surface area contributed by atoms with Crippen LogP contribution in [-0.4, -0.2) is 13.6 Å². The minimum Gasteiger partial charge on any atom is -0.319 e. The summed E-state index contributed by atoms with van der Waals surface area (Å²) in [4.78, 5) is 0. The molecule has 0 aromatic heterocycles. The summed E-state index contributed by atoms with van der Waals surface area (Å²) in [5.41, 5.74) is 2.77. The van der Waals surface area contributed by atoms with Gasteiger partial charge in [-0.3, -0.25) is 0 Å². The van der Waals surface area contributed by atoms with Crippen molar-refractivity contribution in [3.8, 4) is 0 Å². The number of fused-ring (bicyclic) bond motifs is 1. The van der Waals surface area contributed by atoms with E-state index in [1.807, 2.05) is 7.05 Å². The Balaban J connectivity index is 2.40. The van der Waals surface area contributed by atoms with Crippen molar-refractivity contribution < 1.29 is 0 Å². The highest BCUT2D eigenvalue weighted by Crippen LogP contribution is 2.24. The lowest BCUT2D eigenvalue weighted by atomic mass is 9.94. The first kappa shape index (κ1) is 12.1. The van der Waals surface area contributed by atoms with Crippen molar-refractivity contribution in [2.24, 2.45) is 0 Å². The largest absolute Gasteiger partial charge is 0.319 e. The second-order valence-corrected chi connectivity index (χ2v) is 4.77. The summed E-state index contributed by atoms with van der Waals surface area (Å²) in [7, 11) is 2.02. The Morgan fingerprint density at radius 3 is 2.47 bits per heavy atom. The molecule has 0 amide bonds. The van der Waals surface area contributed by atoms with Crippen LogP contribution in [0.15, 0.2) is 36.4 Å². The fourth-order valence-corrected chi connectivity index (χ4v) is 2.38. The van der Waals surface area contributed by atoms with E-state index in [0.29, 0.717) is 5.92 Å². The van der Waals surface area contributed by atoms with Gasteiger partial charge in [-0.2, -0.15) is 0 Å². The van der Waals surface area contributed by atoms with Gasteiger partial charge in [-0.05, 0) is 42.6 Å². The van der Waals surface area contributed by atoms with Gasteiger partial charge in [0.25, 0.3) is 0 Å². The van der Waals surface area contributed by atoms with Gasteiger partial charge in [0.15, 0.2) is 0 Å². The zero-order chi connectivity index (χ0) is 12.3. The topological polar surface area (TPSA) is 12.0 Å². The molecule has 2 aromatic carbocycles. The second kappa shape index (κ2) is 5.33. The molecule has 0 aliphatic rings. The lowest BCUT2D eigenvalue weighted by Crippen LogP contribution is -2.16. The van der Waals surface area contributed by atoms with E-state index >= 15 is 0 Å². The van der Waals surface area contributed by atoms with Crippen molar-refractivity contribution in [1.82, 2.24) is 5.32 Å². The van der Waals surface area contributed by atoms with Crippen molar-refractivity contribution in [3.63, 3.8) is 0 Å². The Morgan fingerprint density at radius 2 is 1.76 bits per heavy atom. The summed E-state index contributed by atoms with van der Waals surface area (Å²) < 4.78 is 0. The molecule has 1 heteroatoms. The second-order valence-electron chi connectivity index (χ2n) is 4.77. The van der Waals surface area contributed by atoms with Crippen LogP contribution >= 0.6 is 0 Å². The highest BCUT2D eigenvalue weighted by Gasteiger charge is 2.08. The molecule has 1 atom stereocenters. The van der Waals surface area contributed by atoms with Crippen LogP contribution in [-0.2, 0) is 0 Å². The number of aryl methyl sites for hydroxylation is 1. The number of benzene rings is 2. The molecule has 0 aliphatic carbocycles. The quantitative estimate of drug-likeness (QED) is 0.836. The Hall–Kier alpha value is -1.34. The molecule has 1 N–H and O–H groups in total. The molecule has 0 aliphatic heterocycles. The molecule has 0 fully saturated rings. The minimum atomic E-state index is 0.616. The van der Waals surface area contributed by atoms with Gasteiger partial charge in [-0.1, -0.05) is 48.9 Å². The van der Waals surface area contributed by atoms with Crippen LogP contribution in [0.1, 0.15) is 30.4 Å². The Labute approximate surface area is 104 Å². The van der Waals surface area contributed by atoms with Crippen molar-refractivity contribution >= 4 is 10.8 Å². The van der Waals surface area contributed by atoms with Gasteiger partial charge >= 0.3 is 0 Å². The molecule has 0 saturated heterocycles. The molecule has 0 heterocycles. The van der Waals surface area contributed by atoms with Gasteiger partial charge in [0.1, 0.15) is 0 Å². The van der Waals surface area contributed by atoms with Crippen LogP contribution in [0.4, 0.5) is 0 Å². The van der Waals surface area contributed by atoms with E-state index in [-0.39, 0.29) is 0 Å². The first-order chi connectivity index (χ1) is 8.24. The normalized spacial score (nSPS) is 12.9. The standard InChI is InChI=1S/C16H21N/c1-4-13(11-17-3)15-8-7-14-9-12(2)5-6-16(14)10-15/h5-10,13,17H,4,11H2,1-3H3. The smallest absolute Gasteiger partial charge is 0.00170 e. The number of rotatable bonds is 4. The van der Waals surface area contributed by atoms with Gasteiger partial charge in [-0.15, -0.1) is 0 Å². The predicted octanol–water partition coefficient (Wildman–Crippen LogP) is 3.86. The average Bonchev–Trinajstić information content (AvgIpc) is 2.35. The summed E-state index contributed by atoms with van der Waals surface area (Å²) in [6.45, 7) is 5.44. The van der Waals surface area contributed by atoms with Crippen LogP contribution in [0.2, 0.25) is 0 Å². The Bertz CT molecular complexity index is 502. The molecule has 1 nitrogen and oxygen atoms in total. The third-order valence-corrected chi connectivity index (χ3v) is 3.43. The number of hydrogen-bond donors (Lipinski definition) is 1. The maximum Gasteiger partial charge on any atom is 0.00170 e. The lowest BCUT2D eigenvalue weighted by Gasteiger charge is -2.15. The minimum absolute atomic E-state index is 0.616. The third kappa shape index (κ3) is 2.67. The molecule has 0 spiro atoms. The van der Waals surface area contributed by atoms with Crippen LogP contribution in [0.25, 0.3) is 10.8 Å². The molecular weight excluding hydrogens is 206 g/mol. The molecule has 2 rings (SSSR count). The fraction of sp³-hybridized carbons (Fsp3) is 0.375. The van der Waals surface area contributed by atoms with Crippen LogP contribution in [0.3, 0.4) is 0 Å². The van der Waals surface area contributed by atoms with E-state index in [2.05, 4.69) is 55.6 Å². The van der Waals surface area contributed by atoms with E-state index in [0.717, 1.165) is 6.54 Å². The van der Waals surface area contributed by atoms with Gasteiger partial charge in [0, 0.05) is 6.54 Å². The number of nitrogens with one attached hydrogen (secondary N) is 1. The molecule has 17 heavy (non-hydrogen) atoms. The van der Waals surface area contributed by atoms with Gasteiger partial charge in [-0.25, -0.2) is 0 Å². The SMILES string of the molecule is CCC(CNC)c1ccc2cc(C)ccc2c1. The molecule has 1 unspecified atom stereocenters. The van der Waals surface area contributed by atoms with Gasteiger partial charge in [0.05, 0.1) is 0 Å². The zero-order valence-electron chi connectivity index (χ0n) is 11.0. The zero-order valence-corrected chi connectivity index (χ0v) is 11.0. The van der Waals surface area contributed by atoms with Gasteiger partial charge < -0.3 is 5.32 Å². The highest BCUT2D eigenvalue weighted by molar-refractivity contribution is 5.83. The summed E-state index contributed by atoms with van der Waals surface area (Å²) in [5.74, 6) is 0.616. The van der Waals surface area contributed by atoms with Crippen molar-refractivity contribution in [1.29, 1.82) is 0 Å². The van der Waals surface area contributed by atoms with E-state index in [1.54, 1.807) is 0 Å².